The molecule has 0 radical (unpaired) electrons. The van der Waals surface area contributed by atoms with Gasteiger partial charge in [0, 0.05) is 10.8 Å². The Bertz CT molecular complexity index is 769. The average Bonchev–Trinajstić information content (AvgIpc) is 2.48. The summed E-state index contributed by atoms with van der Waals surface area (Å²) in [5.74, 6) is -0.247. The molecule has 0 heterocycles. The van der Waals surface area contributed by atoms with Crippen molar-refractivity contribution < 1.29 is 23.8 Å². The summed E-state index contributed by atoms with van der Waals surface area (Å²) in [5.41, 5.74) is 1.03. The molecule has 132 valence electrons. The van der Waals surface area contributed by atoms with Crippen LogP contribution in [0.2, 0.25) is 0 Å². The normalized spacial score (nSPS) is 12.5. The molecule has 0 spiro atoms. The molecule has 0 unspecified atom stereocenters. The zero-order chi connectivity index (χ0) is 18.1. The van der Waals surface area contributed by atoms with Gasteiger partial charge < -0.3 is 19.3 Å². The summed E-state index contributed by atoms with van der Waals surface area (Å²) in [5, 5.41) is 22.0. The topological polar surface area (TPSA) is 76.0 Å². The Morgan fingerprint density at radius 1 is 1.00 bits per heavy atom. The third-order valence-electron chi connectivity index (χ3n) is 3.53. The summed E-state index contributed by atoms with van der Waals surface area (Å²) in [4.78, 5) is 0. The molecule has 2 aromatic carbocycles. The monoisotopic (exact) mass is 352 g/mol. The Balaban J connectivity index is 2.70. The molecular weight excluding hydrogens is 327 g/mol. The smallest absolute Gasteiger partial charge is 0.365 e. The number of benzene rings is 2. The van der Waals surface area contributed by atoms with Gasteiger partial charge in [0.2, 0.25) is 0 Å². The molecule has 24 heavy (non-hydrogen) atoms. The third-order valence-corrected chi connectivity index (χ3v) is 5.86. The number of hydrogen-bond acceptors (Lipinski definition) is 5. The van der Waals surface area contributed by atoms with Crippen molar-refractivity contribution in [3.05, 3.63) is 29.8 Å². The van der Waals surface area contributed by atoms with Gasteiger partial charge in [-0.25, -0.2) is 0 Å². The van der Waals surface area contributed by atoms with E-state index in [2.05, 4.69) is 0 Å². The zero-order valence-corrected chi connectivity index (χ0v) is 15.6. The molecule has 5 nitrogen and oxygen atoms in total. The second-order valence-electron chi connectivity index (χ2n) is 6.30. The Morgan fingerprint density at radius 3 is 2.08 bits per heavy atom. The molecule has 6 heteroatoms. The van der Waals surface area contributed by atoms with Gasteiger partial charge in [-0.2, -0.15) is 0 Å². The minimum Gasteiger partial charge on any atom is -0.507 e. The van der Waals surface area contributed by atoms with Gasteiger partial charge in [0.1, 0.15) is 16.8 Å². The maximum absolute atomic E-state index is 13.3. The second-order valence-corrected chi connectivity index (χ2v) is 8.20. The maximum Gasteiger partial charge on any atom is 0.365 e. The fourth-order valence-electron chi connectivity index (χ4n) is 2.55. The highest BCUT2D eigenvalue weighted by atomic mass is 31.2. The van der Waals surface area contributed by atoms with E-state index in [0.29, 0.717) is 10.8 Å². The van der Waals surface area contributed by atoms with Crippen molar-refractivity contribution in [1.82, 2.24) is 0 Å². The van der Waals surface area contributed by atoms with Gasteiger partial charge in [-0.15, -0.1) is 0 Å². The predicted octanol–water partition coefficient (Wildman–Crippen LogP) is 4.48. The Hall–Kier alpha value is -1.55. The first-order valence-corrected chi connectivity index (χ1v) is 9.67. The molecule has 0 saturated carbocycles. The van der Waals surface area contributed by atoms with Crippen LogP contribution in [0.4, 0.5) is 0 Å². The van der Waals surface area contributed by atoms with E-state index in [9.17, 15) is 14.8 Å². The van der Waals surface area contributed by atoms with E-state index in [1.807, 2.05) is 19.1 Å². The van der Waals surface area contributed by atoms with Gasteiger partial charge in [0.25, 0.3) is 0 Å². The SMILES string of the molecule is CCc1ccc2c(O)c(P(=O)(OC(C)C)OC(C)C)cc(O)c2c1. The van der Waals surface area contributed by atoms with Gasteiger partial charge in [-0.05, 0) is 51.8 Å². The van der Waals surface area contributed by atoms with E-state index in [4.69, 9.17) is 9.05 Å². The lowest BCUT2D eigenvalue weighted by atomic mass is 10.0. The largest absolute Gasteiger partial charge is 0.507 e. The molecule has 2 N–H and O–H groups in total. The van der Waals surface area contributed by atoms with Gasteiger partial charge in [-0.1, -0.05) is 19.1 Å². The maximum atomic E-state index is 13.3. The first-order chi connectivity index (χ1) is 11.2. The van der Waals surface area contributed by atoms with E-state index >= 15 is 0 Å². The Kier molecular flexibility index (Phi) is 5.59. The van der Waals surface area contributed by atoms with E-state index < -0.39 is 7.60 Å². The summed E-state index contributed by atoms with van der Waals surface area (Å²) in [6, 6.07) is 6.67. The number of phenolic OH excluding ortho intramolecular Hbond substituents is 2. The summed E-state index contributed by atoms with van der Waals surface area (Å²) in [6.45, 7) is 8.96. The molecule has 0 saturated heterocycles. The van der Waals surface area contributed by atoms with Gasteiger partial charge in [0.15, 0.2) is 0 Å². The van der Waals surface area contributed by atoms with E-state index in [1.165, 1.54) is 6.07 Å². The van der Waals surface area contributed by atoms with Crippen molar-refractivity contribution in [2.45, 2.75) is 53.2 Å². The van der Waals surface area contributed by atoms with Crippen molar-refractivity contribution in [2.75, 3.05) is 0 Å². The number of aryl methyl sites for hydroxylation is 1. The number of hydrogen-bond donors (Lipinski definition) is 2. The molecule has 0 aliphatic heterocycles. The van der Waals surface area contributed by atoms with Gasteiger partial charge in [0.05, 0.1) is 12.2 Å². The molecule has 2 aromatic rings. The van der Waals surface area contributed by atoms with Crippen LogP contribution in [-0.2, 0) is 20.0 Å². The van der Waals surface area contributed by atoms with Crippen LogP contribution in [0, 0.1) is 0 Å². The summed E-state index contributed by atoms with van der Waals surface area (Å²) in [6.07, 6.45) is 0.0760. The number of phenols is 2. The van der Waals surface area contributed by atoms with Crippen LogP contribution in [0.3, 0.4) is 0 Å². The molecular formula is C18H25O5P. The minimum atomic E-state index is -3.78. The molecule has 0 aliphatic carbocycles. The quantitative estimate of drug-likeness (QED) is 0.592. The molecule has 0 aromatic heterocycles. The highest BCUT2D eigenvalue weighted by Gasteiger charge is 2.35. The standard InChI is InChI=1S/C18H25O5P/c1-6-13-7-8-14-15(9-13)16(19)10-17(18(14)20)24(21,22-11(2)3)23-12(4)5/h7-12,19-20H,6H2,1-5H3. The zero-order valence-electron chi connectivity index (χ0n) is 14.7. The van der Waals surface area contributed by atoms with Crippen LogP contribution in [0.5, 0.6) is 11.5 Å². The molecule has 2 rings (SSSR count). The van der Waals surface area contributed by atoms with Crippen LogP contribution in [0.1, 0.15) is 40.2 Å². The van der Waals surface area contributed by atoms with Crippen molar-refractivity contribution in [2.24, 2.45) is 0 Å². The Labute approximate surface area is 142 Å². The van der Waals surface area contributed by atoms with Crippen molar-refractivity contribution in [1.29, 1.82) is 0 Å². The van der Waals surface area contributed by atoms with Crippen LogP contribution in [-0.4, -0.2) is 22.4 Å². The molecule has 0 fully saturated rings. The average molecular weight is 352 g/mol. The summed E-state index contributed by atoms with van der Waals surface area (Å²) < 4.78 is 24.3. The van der Waals surface area contributed by atoms with Crippen LogP contribution < -0.4 is 5.30 Å². The van der Waals surface area contributed by atoms with Gasteiger partial charge in [-0.3, -0.25) is 4.57 Å². The van der Waals surface area contributed by atoms with Crippen LogP contribution in [0.25, 0.3) is 10.8 Å². The molecule has 0 bridgehead atoms. The highest BCUT2D eigenvalue weighted by molar-refractivity contribution is 7.62. The first kappa shape index (κ1) is 18.8. The number of fused-ring (bicyclic) bond motifs is 1. The molecule has 0 amide bonds. The lowest BCUT2D eigenvalue weighted by molar-refractivity contribution is 0.150. The van der Waals surface area contributed by atoms with Gasteiger partial charge >= 0.3 is 7.60 Å². The predicted molar refractivity (Wildman–Crippen MR) is 96.3 cm³/mol. The van der Waals surface area contributed by atoms with Crippen LogP contribution in [0.15, 0.2) is 24.3 Å². The second kappa shape index (κ2) is 7.14. The third kappa shape index (κ3) is 3.75. The summed E-state index contributed by atoms with van der Waals surface area (Å²) >= 11 is 0. The number of aromatic hydroxyl groups is 2. The van der Waals surface area contributed by atoms with Crippen molar-refractivity contribution in [3.8, 4) is 11.5 Å². The van der Waals surface area contributed by atoms with Crippen LogP contribution >= 0.6 is 7.60 Å². The highest BCUT2D eigenvalue weighted by Crippen LogP contribution is 2.53. The van der Waals surface area contributed by atoms with E-state index in [0.717, 1.165) is 12.0 Å². The lowest BCUT2D eigenvalue weighted by Crippen LogP contribution is -2.17. The van der Waals surface area contributed by atoms with Crippen molar-refractivity contribution >= 4 is 23.7 Å². The number of rotatable bonds is 6. The Morgan fingerprint density at radius 2 is 1.58 bits per heavy atom. The molecule has 0 atom stereocenters. The summed E-state index contributed by atoms with van der Waals surface area (Å²) in [7, 11) is -3.78. The minimum absolute atomic E-state index is 0.0147. The fraction of sp³-hybridized carbons (Fsp3) is 0.444. The van der Waals surface area contributed by atoms with E-state index in [1.54, 1.807) is 33.8 Å². The van der Waals surface area contributed by atoms with Crippen molar-refractivity contribution in [3.63, 3.8) is 0 Å². The first-order valence-electron chi connectivity index (χ1n) is 8.13. The van der Waals surface area contributed by atoms with E-state index in [-0.39, 0.29) is 29.0 Å². The molecule has 0 aliphatic rings. The lowest BCUT2D eigenvalue weighted by Gasteiger charge is -2.24. The fourth-order valence-corrected chi connectivity index (χ4v) is 4.59.